The molecule has 0 atom stereocenters. The zero-order chi connectivity index (χ0) is 17.5. The third-order valence-corrected chi connectivity index (χ3v) is 4.66. The summed E-state index contributed by atoms with van der Waals surface area (Å²) in [4.78, 5) is 8.90. The van der Waals surface area contributed by atoms with E-state index < -0.39 is 0 Å². The molecule has 0 spiro atoms. The van der Waals surface area contributed by atoms with Crippen LogP contribution in [0.1, 0.15) is 18.7 Å². The minimum Gasteiger partial charge on any atom is -0.309 e. The molecule has 1 aliphatic rings. The van der Waals surface area contributed by atoms with Crippen LogP contribution in [0.4, 0.5) is 11.8 Å². The van der Waals surface area contributed by atoms with E-state index in [1.165, 1.54) is 12.8 Å². The largest absolute Gasteiger partial charge is 0.309 e. The van der Waals surface area contributed by atoms with Crippen LogP contribution in [0.5, 0.6) is 0 Å². The number of hydrogen-bond acceptors (Lipinski definition) is 6. The third kappa shape index (κ3) is 2.79. The number of pyridine rings is 1. The van der Waals surface area contributed by atoms with E-state index in [9.17, 15) is 0 Å². The zero-order valence-corrected chi connectivity index (χ0v) is 14.4. The number of fused-ring (bicyclic) bond motifs is 1. The maximum atomic E-state index is 4.61. The SMILES string of the molecule is Cn1nccc1Nc1nccc(-c2ccn3c(CC4CC4)nnc3c2)n1. The van der Waals surface area contributed by atoms with Crippen molar-refractivity contribution in [3.63, 3.8) is 0 Å². The summed E-state index contributed by atoms with van der Waals surface area (Å²) in [6, 6.07) is 7.82. The molecule has 0 bridgehead atoms. The van der Waals surface area contributed by atoms with Gasteiger partial charge in [0.2, 0.25) is 5.95 Å². The first-order valence-electron chi connectivity index (χ1n) is 8.68. The molecule has 4 aromatic heterocycles. The molecule has 0 saturated heterocycles. The molecule has 130 valence electrons. The van der Waals surface area contributed by atoms with Crippen molar-refractivity contribution in [2.75, 3.05) is 5.32 Å². The second-order valence-electron chi connectivity index (χ2n) is 6.64. The van der Waals surface area contributed by atoms with Crippen molar-refractivity contribution >= 4 is 17.4 Å². The molecule has 26 heavy (non-hydrogen) atoms. The van der Waals surface area contributed by atoms with Crippen molar-refractivity contribution < 1.29 is 0 Å². The van der Waals surface area contributed by atoms with Crippen LogP contribution in [0.2, 0.25) is 0 Å². The summed E-state index contributed by atoms with van der Waals surface area (Å²) < 4.78 is 3.80. The Morgan fingerprint density at radius 1 is 1.15 bits per heavy atom. The van der Waals surface area contributed by atoms with Crippen molar-refractivity contribution in [1.29, 1.82) is 0 Å². The Kier molecular flexibility index (Phi) is 3.41. The fraction of sp³-hybridized carbons (Fsp3) is 0.278. The van der Waals surface area contributed by atoms with Gasteiger partial charge in [0.15, 0.2) is 5.65 Å². The van der Waals surface area contributed by atoms with Gasteiger partial charge in [0.1, 0.15) is 11.6 Å². The molecule has 0 radical (unpaired) electrons. The normalized spacial score (nSPS) is 14.0. The summed E-state index contributed by atoms with van der Waals surface area (Å²) in [6.07, 6.45) is 9.12. The van der Waals surface area contributed by atoms with Gasteiger partial charge in [0.05, 0.1) is 11.9 Å². The summed E-state index contributed by atoms with van der Waals surface area (Å²) in [6.45, 7) is 0. The van der Waals surface area contributed by atoms with E-state index in [0.717, 1.165) is 40.9 Å². The Hall–Kier alpha value is -3.29. The standard InChI is InChI=1S/C18H18N8/c1-25-15(5-8-20-25)22-18-19-7-4-14(21-18)13-6-9-26-16(10-12-2-3-12)23-24-17(26)11-13/h4-9,11-12H,2-3,10H2,1H3,(H,19,21,22). The molecule has 8 nitrogen and oxygen atoms in total. The summed E-state index contributed by atoms with van der Waals surface area (Å²) in [5, 5.41) is 16.0. The minimum absolute atomic E-state index is 0.530. The average Bonchev–Trinajstić information content (AvgIpc) is 3.26. The zero-order valence-electron chi connectivity index (χ0n) is 14.4. The molecule has 1 fully saturated rings. The Morgan fingerprint density at radius 3 is 2.88 bits per heavy atom. The molecular weight excluding hydrogens is 328 g/mol. The predicted octanol–water partition coefficient (Wildman–Crippen LogP) is 2.62. The lowest BCUT2D eigenvalue weighted by molar-refractivity contribution is 0.758. The first kappa shape index (κ1) is 15.0. The average molecular weight is 346 g/mol. The molecule has 8 heteroatoms. The van der Waals surface area contributed by atoms with Crippen molar-refractivity contribution in [1.82, 2.24) is 34.3 Å². The minimum atomic E-state index is 0.530. The fourth-order valence-corrected chi connectivity index (χ4v) is 3.01. The quantitative estimate of drug-likeness (QED) is 0.598. The molecular formula is C18H18N8. The van der Waals surface area contributed by atoms with E-state index in [-0.39, 0.29) is 0 Å². The van der Waals surface area contributed by atoms with Gasteiger partial charge in [-0.2, -0.15) is 5.10 Å². The van der Waals surface area contributed by atoms with Gasteiger partial charge in [0, 0.05) is 37.5 Å². The predicted molar refractivity (Wildman–Crippen MR) is 96.9 cm³/mol. The van der Waals surface area contributed by atoms with Crippen molar-refractivity contribution in [2.45, 2.75) is 19.3 Å². The van der Waals surface area contributed by atoms with Gasteiger partial charge in [-0.1, -0.05) is 0 Å². The molecule has 1 saturated carbocycles. The van der Waals surface area contributed by atoms with E-state index in [1.54, 1.807) is 17.1 Å². The number of anilines is 2. The third-order valence-electron chi connectivity index (χ3n) is 4.66. The highest BCUT2D eigenvalue weighted by Gasteiger charge is 2.24. The lowest BCUT2D eigenvalue weighted by Gasteiger charge is -2.07. The second-order valence-corrected chi connectivity index (χ2v) is 6.64. The molecule has 5 rings (SSSR count). The maximum absolute atomic E-state index is 4.61. The van der Waals surface area contributed by atoms with Gasteiger partial charge in [-0.15, -0.1) is 10.2 Å². The monoisotopic (exact) mass is 346 g/mol. The highest BCUT2D eigenvalue weighted by atomic mass is 15.3. The van der Waals surface area contributed by atoms with Gasteiger partial charge in [0.25, 0.3) is 0 Å². The van der Waals surface area contributed by atoms with Crippen LogP contribution in [-0.4, -0.2) is 34.3 Å². The first-order valence-corrected chi connectivity index (χ1v) is 8.68. The maximum Gasteiger partial charge on any atom is 0.228 e. The highest BCUT2D eigenvalue weighted by Crippen LogP contribution is 2.32. The Bertz CT molecular complexity index is 1080. The number of aromatic nitrogens is 7. The van der Waals surface area contributed by atoms with Gasteiger partial charge < -0.3 is 5.32 Å². The topological polar surface area (TPSA) is 85.8 Å². The summed E-state index contributed by atoms with van der Waals surface area (Å²) >= 11 is 0. The van der Waals surface area contributed by atoms with E-state index in [1.807, 2.05) is 37.5 Å². The smallest absolute Gasteiger partial charge is 0.228 e. The lowest BCUT2D eigenvalue weighted by Crippen LogP contribution is -2.03. The van der Waals surface area contributed by atoms with Crippen LogP contribution in [0, 0.1) is 5.92 Å². The highest BCUT2D eigenvalue weighted by molar-refractivity contribution is 5.65. The van der Waals surface area contributed by atoms with Crippen LogP contribution in [0.15, 0.2) is 42.9 Å². The lowest BCUT2D eigenvalue weighted by atomic mass is 10.2. The van der Waals surface area contributed by atoms with E-state index in [4.69, 9.17) is 0 Å². The van der Waals surface area contributed by atoms with Crippen LogP contribution >= 0.6 is 0 Å². The Balaban J connectivity index is 1.45. The molecule has 0 unspecified atom stereocenters. The number of aryl methyl sites for hydroxylation is 1. The first-order chi connectivity index (χ1) is 12.8. The van der Waals surface area contributed by atoms with E-state index in [2.05, 4.69) is 35.0 Å². The number of rotatable bonds is 5. The van der Waals surface area contributed by atoms with E-state index >= 15 is 0 Å². The van der Waals surface area contributed by atoms with Crippen LogP contribution in [0.25, 0.3) is 16.9 Å². The molecule has 0 amide bonds. The molecule has 4 heterocycles. The number of hydrogen-bond donors (Lipinski definition) is 1. The van der Waals surface area contributed by atoms with Gasteiger partial charge in [-0.25, -0.2) is 9.97 Å². The van der Waals surface area contributed by atoms with Gasteiger partial charge >= 0.3 is 0 Å². The summed E-state index contributed by atoms with van der Waals surface area (Å²) in [5.74, 6) is 3.18. The van der Waals surface area contributed by atoms with Crippen LogP contribution in [-0.2, 0) is 13.5 Å². The Morgan fingerprint density at radius 2 is 2.08 bits per heavy atom. The summed E-state index contributed by atoms with van der Waals surface area (Å²) in [7, 11) is 1.87. The number of nitrogens with one attached hydrogen (secondary N) is 1. The van der Waals surface area contributed by atoms with Crippen molar-refractivity contribution in [3.8, 4) is 11.3 Å². The second kappa shape index (κ2) is 5.91. The molecule has 1 aliphatic carbocycles. The van der Waals surface area contributed by atoms with Crippen LogP contribution in [0.3, 0.4) is 0 Å². The van der Waals surface area contributed by atoms with Crippen LogP contribution < -0.4 is 5.32 Å². The fourth-order valence-electron chi connectivity index (χ4n) is 3.01. The molecule has 1 N–H and O–H groups in total. The van der Waals surface area contributed by atoms with Crippen molar-refractivity contribution in [2.24, 2.45) is 13.0 Å². The summed E-state index contributed by atoms with van der Waals surface area (Å²) in [5.41, 5.74) is 2.66. The van der Waals surface area contributed by atoms with Crippen molar-refractivity contribution in [3.05, 3.63) is 48.7 Å². The van der Waals surface area contributed by atoms with Gasteiger partial charge in [-0.3, -0.25) is 9.08 Å². The molecule has 0 aromatic carbocycles. The molecule has 0 aliphatic heterocycles. The number of nitrogens with zero attached hydrogens (tertiary/aromatic N) is 7. The molecule has 4 aromatic rings. The Labute approximate surface area is 149 Å². The van der Waals surface area contributed by atoms with E-state index in [0.29, 0.717) is 5.95 Å². The van der Waals surface area contributed by atoms with Gasteiger partial charge in [-0.05, 0) is 37.0 Å².